The Labute approximate surface area is 127 Å². The molecule has 0 radical (unpaired) electrons. The molecule has 21 heavy (non-hydrogen) atoms. The lowest BCUT2D eigenvalue weighted by molar-refractivity contribution is -0.142. The highest BCUT2D eigenvalue weighted by molar-refractivity contribution is 7.10. The van der Waals surface area contributed by atoms with Crippen LogP contribution in [0.15, 0.2) is 17.5 Å². The maximum absolute atomic E-state index is 12.5. The van der Waals surface area contributed by atoms with Crippen LogP contribution in [-0.2, 0) is 9.53 Å². The van der Waals surface area contributed by atoms with E-state index in [2.05, 4.69) is 0 Å². The first-order chi connectivity index (χ1) is 9.93. The molecule has 116 valence electrons. The Bertz CT molecular complexity index is 505. The van der Waals surface area contributed by atoms with Gasteiger partial charge in [0.1, 0.15) is 5.92 Å². The molecule has 0 bridgehead atoms. The molecule has 3 unspecified atom stereocenters. The van der Waals surface area contributed by atoms with Crippen LogP contribution < -0.4 is 0 Å². The van der Waals surface area contributed by atoms with Gasteiger partial charge in [0.25, 0.3) is 0 Å². The fourth-order valence-electron chi connectivity index (χ4n) is 2.44. The number of hydrogen-bond donors (Lipinski definition) is 1. The molecule has 1 saturated heterocycles. The first-order valence-electron chi connectivity index (χ1n) is 6.77. The number of carbonyl (C=O) groups is 2. The van der Waals surface area contributed by atoms with Gasteiger partial charge in [-0.2, -0.15) is 0 Å². The minimum atomic E-state index is -0.925. The first kappa shape index (κ1) is 15.8. The summed E-state index contributed by atoms with van der Waals surface area (Å²) in [6, 6.07) is 3.26. The van der Waals surface area contributed by atoms with Gasteiger partial charge < -0.3 is 19.6 Å². The summed E-state index contributed by atoms with van der Waals surface area (Å²) in [6.45, 7) is 2.37. The van der Waals surface area contributed by atoms with Crippen molar-refractivity contribution in [2.75, 3.05) is 27.3 Å². The van der Waals surface area contributed by atoms with Crippen LogP contribution in [0.5, 0.6) is 0 Å². The average molecular weight is 312 g/mol. The number of carbonyl (C=O) groups excluding carboxylic acids is 1. The molecule has 0 aliphatic carbocycles. The van der Waals surface area contributed by atoms with Crippen molar-refractivity contribution in [3.05, 3.63) is 22.4 Å². The van der Waals surface area contributed by atoms with Crippen LogP contribution in [0.4, 0.5) is 4.79 Å². The Balaban J connectivity index is 2.06. The predicted octanol–water partition coefficient (Wildman–Crippen LogP) is 1.89. The lowest BCUT2D eigenvalue weighted by Crippen LogP contribution is -2.49. The molecule has 1 fully saturated rings. The third kappa shape index (κ3) is 3.19. The fourth-order valence-corrected chi connectivity index (χ4v) is 3.26. The smallest absolute Gasteiger partial charge is 0.320 e. The zero-order chi connectivity index (χ0) is 15.6. The molecule has 2 heterocycles. The highest BCUT2D eigenvalue weighted by atomic mass is 32.1. The quantitative estimate of drug-likeness (QED) is 0.922. The fraction of sp³-hybridized carbons (Fsp3) is 0.571. The molecule has 7 heteroatoms. The van der Waals surface area contributed by atoms with Crippen LogP contribution in [0.25, 0.3) is 0 Å². The second kappa shape index (κ2) is 6.44. The van der Waals surface area contributed by atoms with Gasteiger partial charge in [-0.25, -0.2) is 4.79 Å². The molecule has 1 aliphatic heterocycles. The second-order valence-corrected chi connectivity index (χ2v) is 6.22. The Kier molecular flexibility index (Phi) is 4.84. The molecule has 2 amide bonds. The Morgan fingerprint density at radius 2 is 2.14 bits per heavy atom. The van der Waals surface area contributed by atoms with Crippen molar-refractivity contribution in [1.29, 1.82) is 0 Å². The van der Waals surface area contributed by atoms with E-state index in [4.69, 9.17) is 4.74 Å². The molecule has 6 nitrogen and oxygen atoms in total. The number of hydrogen-bond acceptors (Lipinski definition) is 4. The molecule has 1 N–H and O–H groups in total. The largest absolute Gasteiger partial charge is 0.481 e. The first-order valence-corrected chi connectivity index (χ1v) is 7.65. The van der Waals surface area contributed by atoms with E-state index in [9.17, 15) is 14.7 Å². The topological polar surface area (TPSA) is 70.1 Å². The van der Waals surface area contributed by atoms with Crippen LogP contribution >= 0.6 is 11.3 Å². The number of aliphatic carboxylic acids is 1. The zero-order valence-electron chi connectivity index (χ0n) is 12.4. The van der Waals surface area contributed by atoms with Crippen molar-refractivity contribution < 1.29 is 19.4 Å². The lowest BCUT2D eigenvalue weighted by atomic mass is 10.0. The second-order valence-electron chi connectivity index (χ2n) is 5.25. The number of nitrogens with zero attached hydrogens (tertiary/aromatic N) is 2. The summed E-state index contributed by atoms with van der Waals surface area (Å²) in [5.41, 5.74) is 0. The molecule has 1 aromatic heterocycles. The summed E-state index contributed by atoms with van der Waals surface area (Å²) in [4.78, 5) is 27.9. The Morgan fingerprint density at radius 3 is 2.71 bits per heavy atom. The van der Waals surface area contributed by atoms with Crippen molar-refractivity contribution in [1.82, 2.24) is 9.80 Å². The van der Waals surface area contributed by atoms with Crippen LogP contribution in [0.3, 0.4) is 0 Å². The maximum Gasteiger partial charge on any atom is 0.320 e. The zero-order valence-corrected chi connectivity index (χ0v) is 13.2. The van der Waals surface area contributed by atoms with Gasteiger partial charge in [-0.05, 0) is 18.4 Å². The van der Waals surface area contributed by atoms with E-state index in [1.165, 1.54) is 4.90 Å². The van der Waals surface area contributed by atoms with Gasteiger partial charge in [0.15, 0.2) is 0 Å². The van der Waals surface area contributed by atoms with E-state index >= 15 is 0 Å². The predicted molar refractivity (Wildman–Crippen MR) is 79.4 cm³/mol. The number of carboxylic acids is 1. The third-order valence-electron chi connectivity index (χ3n) is 4.00. The normalized spacial score (nSPS) is 22.8. The third-order valence-corrected chi connectivity index (χ3v) is 5.05. The van der Waals surface area contributed by atoms with Crippen LogP contribution in [0, 0.1) is 5.92 Å². The Hall–Kier alpha value is -1.60. The summed E-state index contributed by atoms with van der Waals surface area (Å²) >= 11 is 1.59. The van der Waals surface area contributed by atoms with E-state index in [1.807, 2.05) is 24.4 Å². The van der Waals surface area contributed by atoms with Gasteiger partial charge >= 0.3 is 12.0 Å². The number of carboxylic acid groups (broad SMARTS) is 1. The van der Waals surface area contributed by atoms with E-state index < -0.39 is 17.9 Å². The maximum atomic E-state index is 12.5. The number of ether oxygens (including phenoxy) is 1. The molecular formula is C14H20N2O4S. The minimum Gasteiger partial charge on any atom is -0.481 e. The molecule has 2 rings (SSSR count). The van der Waals surface area contributed by atoms with Crippen LogP contribution in [0.2, 0.25) is 0 Å². The molecule has 1 aromatic rings. The van der Waals surface area contributed by atoms with Gasteiger partial charge in [0, 0.05) is 19.0 Å². The van der Waals surface area contributed by atoms with Crippen LogP contribution in [-0.4, -0.2) is 60.3 Å². The standard InChI is InChI=1S/C14H20N2O4S/c1-9(12-5-4-6-21-12)15(2)14(19)16(3)11-8-20-7-10(11)13(17)18/h4-6,9-11H,7-8H2,1-3H3,(H,17,18). The highest BCUT2D eigenvalue weighted by Gasteiger charge is 2.39. The minimum absolute atomic E-state index is 0.0504. The van der Waals surface area contributed by atoms with Crippen molar-refractivity contribution in [2.24, 2.45) is 5.92 Å². The van der Waals surface area contributed by atoms with Gasteiger partial charge in [0.05, 0.1) is 25.3 Å². The van der Waals surface area contributed by atoms with Gasteiger partial charge in [0.2, 0.25) is 0 Å². The van der Waals surface area contributed by atoms with Crippen LogP contribution in [0.1, 0.15) is 17.8 Å². The Morgan fingerprint density at radius 1 is 1.43 bits per heavy atom. The molecule has 1 aliphatic rings. The SMILES string of the molecule is CC(c1cccs1)N(C)C(=O)N(C)C1COCC1C(=O)O. The lowest BCUT2D eigenvalue weighted by Gasteiger charge is -2.33. The van der Waals surface area contributed by atoms with E-state index in [0.717, 1.165) is 4.88 Å². The highest BCUT2D eigenvalue weighted by Crippen LogP contribution is 2.26. The molecule has 0 spiro atoms. The van der Waals surface area contributed by atoms with Crippen molar-refractivity contribution in [3.63, 3.8) is 0 Å². The van der Waals surface area contributed by atoms with E-state index in [-0.39, 0.29) is 25.3 Å². The number of likely N-dealkylation sites (N-methyl/N-ethyl adjacent to an activating group) is 1. The number of amides is 2. The number of thiophene rings is 1. The molecule has 0 saturated carbocycles. The summed E-state index contributed by atoms with van der Waals surface area (Å²) in [7, 11) is 3.37. The number of urea groups is 1. The summed E-state index contributed by atoms with van der Waals surface area (Å²) in [5, 5.41) is 11.2. The molecule has 0 aromatic carbocycles. The summed E-state index contributed by atoms with van der Waals surface area (Å²) < 4.78 is 5.22. The average Bonchev–Trinajstić information content (AvgIpc) is 3.14. The molecular weight excluding hydrogens is 292 g/mol. The summed E-state index contributed by atoms with van der Waals surface area (Å²) in [5.74, 6) is -1.59. The van der Waals surface area contributed by atoms with E-state index in [1.54, 1.807) is 30.3 Å². The van der Waals surface area contributed by atoms with Gasteiger partial charge in [-0.1, -0.05) is 6.07 Å². The summed E-state index contributed by atoms with van der Waals surface area (Å²) in [6.07, 6.45) is 0. The van der Waals surface area contributed by atoms with Crippen molar-refractivity contribution in [3.8, 4) is 0 Å². The molecule has 3 atom stereocenters. The van der Waals surface area contributed by atoms with Crippen molar-refractivity contribution >= 4 is 23.3 Å². The number of rotatable bonds is 4. The monoisotopic (exact) mass is 312 g/mol. The van der Waals surface area contributed by atoms with Gasteiger partial charge in [-0.3, -0.25) is 4.79 Å². The van der Waals surface area contributed by atoms with Crippen molar-refractivity contribution in [2.45, 2.75) is 19.0 Å². The van der Waals surface area contributed by atoms with E-state index in [0.29, 0.717) is 0 Å². The van der Waals surface area contributed by atoms with Gasteiger partial charge in [-0.15, -0.1) is 11.3 Å².